The molecule has 1 saturated heterocycles. The highest BCUT2D eigenvalue weighted by atomic mass is 35.5. The van der Waals surface area contributed by atoms with Crippen molar-refractivity contribution in [1.82, 2.24) is 14.3 Å². The minimum Gasteiger partial charge on any atom is -0.376 e. The van der Waals surface area contributed by atoms with Crippen LogP contribution in [0.5, 0.6) is 0 Å². The number of hydrogen-bond acceptors (Lipinski definition) is 4. The molecule has 4 aromatic rings. The lowest BCUT2D eigenvalue weighted by molar-refractivity contribution is 0.0528. The van der Waals surface area contributed by atoms with Gasteiger partial charge in [-0.1, -0.05) is 41.4 Å². The summed E-state index contributed by atoms with van der Waals surface area (Å²) in [7, 11) is 0. The van der Waals surface area contributed by atoms with Crippen LogP contribution in [-0.2, 0) is 11.2 Å². The Morgan fingerprint density at radius 2 is 2.00 bits per heavy atom. The van der Waals surface area contributed by atoms with Crippen LogP contribution in [0.25, 0.3) is 16.2 Å². The largest absolute Gasteiger partial charge is 0.376 e. The van der Waals surface area contributed by atoms with Gasteiger partial charge in [0.25, 0.3) is 5.91 Å². The van der Waals surface area contributed by atoms with E-state index in [1.807, 2.05) is 60.4 Å². The van der Waals surface area contributed by atoms with Crippen LogP contribution in [-0.4, -0.2) is 46.0 Å². The minimum atomic E-state index is 0.0597. The lowest BCUT2D eigenvalue weighted by atomic mass is 10.1. The average molecular weight is 480 g/mol. The van der Waals surface area contributed by atoms with Gasteiger partial charge in [0.1, 0.15) is 0 Å². The Balaban J connectivity index is 1.35. The molecular formula is C26H26ClN3O2S. The van der Waals surface area contributed by atoms with Crippen molar-refractivity contribution in [2.75, 3.05) is 19.7 Å². The van der Waals surface area contributed by atoms with Crippen molar-refractivity contribution in [3.8, 4) is 11.3 Å². The summed E-state index contributed by atoms with van der Waals surface area (Å²) in [6.45, 7) is 4.07. The summed E-state index contributed by atoms with van der Waals surface area (Å²) in [6.07, 6.45) is 5.00. The van der Waals surface area contributed by atoms with Crippen LogP contribution in [0.4, 0.5) is 0 Å². The van der Waals surface area contributed by atoms with Gasteiger partial charge in [-0.3, -0.25) is 9.20 Å². The van der Waals surface area contributed by atoms with Crippen LogP contribution < -0.4 is 0 Å². The van der Waals surface area contributed by atoms with Crippen molar-refractivity contribution < 1.29 is 9.53 Å². The molecule has 0 spiro atoms. The van der Waals surface area contributed by atoms with Gasteiger partial charge < -0.3 is 9.64 Å². The van der Waals surface area contributed by atoms with Gasteiger partial charge in [-0.25, -0.2) is 4.98 Å². The molecule has 5 rings (SSSR count). The molecule has 0 saturated carbocycles. The van der Waals surface area contributed by atoms with E-state index in [1.165, 1.54) is 0 Å². The quantitative estimate of drug-likeness (QED) is 0.332. The van der Waals surface area contributed by atoms with Crippen LogP contribution in [0.15, 0.2) is 60.1 Å². The first-order valence-electron chi connectivity index (χ1n) is 11.3. The van der Waals surface area contributed by atoms with Crippen LogP contribution in [0.2, 0.25) is 5.02 Å². The van der Waals surface area contributed by atoms with E-state index in [1.54, 1.807) is 11.3 Å². The van der Waals surface area contributed by atoms with Gasteiger partial charge in [-0.15, -0.1) is 11.3 Å². The molecule has 1 amide bonds. The Hall–Kier alpha value is -2.67. The summed E-state index contributed by atoms with van der Waals surface area (Å²) in [5.74, 6) is 0.0597. The van der Waals surface area contributed by atoms with Crippen molar-refractivity contribution >= 4 is 33.8 Å². The monoisotopic (exact) mass is 479 g/mol. The maximum absolute atomic E-state index is 13.3. The SMILES string of the molecule is Cc1ccc(C(=O)N(CCc2csc3nc(-c4ccc(Cl)cc4)cn23)CC2CCCO2)cc1. The number of aryl methyl sites for hydroxylation is 1. The number of halogens is 1. The first kappa shape index (κ1) is 22.1. The zero-order chi connectivity index (χ0) is 22.8. The smallest absolute Gasteiger partial charge is 0.253 e. The fourth-order valence-corrected chi connectivity index (χ4v) is 5.24. The first-order chi connectivity index (χ1) is 16.1. The van der Waals surface area contributed by atoms with E-state index in [0.717, 1.165) is 58.9 Å². The summed E-state index contributed by atoms with van der Waals surface area (Å²) in [5.41, 5.74) is 4.98. The van der Waals surface area contributed by atoms with E-state index in [0.29, 0.717) is 18.1 Å². The van der Waals surface area contributed by atoms with Crippen LogP contribution >= 0.6 is 22.9 Å². The second-order valence-electron chi connectivity index (χ2n) is 8.51. The van der Waals surface area contributed by atoms with Crippen molar-refractivity contribution in [2.24, 2.45) is 0 Å². The Morgan fingerprint density at radius 1 is 1.21 bits per heavy atom. The van der Waals surface area contributed by atoms with Crippen molar-refractivity contribution in [2.45, 2.75) is 32.3 Å². The molecular weight excluding hydrogens is 454 g/mol. The number of hydrogen-bond donors (Lipinski definition) is 0. The van der Waals surface area contributed by atoms with Crippen molar-refractivity contribution in [3.05, 3.63) is 82.0 Å². The molecule has 2 aromatic heterocycles. The molecule has 3 heterocycles. The number of imidazole rings is 1. The Morgan fingerprint density at radius 3 is 2.73 bits per heavy atom. The number of aromatic nitrogens is 2. The van der Waals surface area contributed by atoms with Crippen molar-refractivity contribution in [1.29, 1.82) is 0 Å². The van der Waals surface area contributed by atoms with Gasteiger partial charge in [0.2, 0.25) is 0 Å². The molecule has 0 aliphatic carbocycles. The lowest BCUT2D eigenvalue weighted by Gasteiger charge is -2.25. The maximum Gasteiger partial charge on any atom is 0.253 e. The van der Waals surface area contributed by atoms with Crippen LogP contribution in [0, 0.1) is 6.92 Å². The Bertz CT molecular complexity index is 1240. The molecule has 170 valence electrons. The molecule has 1 aliphatic rings. The summed E-state index contributed by atoms with van der Waals surface area (Å²) in [6, 6.07) is 15.5. The number of benzene rings is 2. The number of carbonyl (C=O) groups excluding carboxylic acids is 1. The average Bonchev–Trinajstić information content (AvgIpc) is 3.56. The number of rotatable bonds is 7. The van der Waals surface area contributed by atoms with E-state index in [4.69, 9.17) is 21.3 Å². The maximum atomic E-state index is 13.3. The lowest BCUT2D eigenvalue weighted by Crippen LogP contribution is -2.38. The Kier molecular flexibility index (Phi) is 6.49. The van der Waals surface area contributed by atoms with E-state index in [9.17, 15) is 4.79 Å². The molecule has 7 heteroatoms. The zero-order valence-electron chi connectivity index (χ0n) is 18.5. The molecule has 0 radical (unpaired) electrons. The standard InChI is InChI=1S/C26H26ClN3O2S/c1-18-4-6-20(7-5-18)25(31)29(15-23-3-2-14-32-23)13-12-22-17-33-26-28-24(16-30(22)26)19-8-10-21(27)11-9-19/h4-11,16-17,23H,2-3,12-15H2,1H3. The summed E-state index contributed by atoms with van der Waals surface area (Å²) in [5, 5.41) is 2.85. The number of nitrogens with zero attached hydrogens (tertiary/aromatic N) is 3. The summed E-state index contributed by atoms with van der Waals surface area (Å²) < 4.78 is 7.97. The second-order valence-corrected chi connectivity index (χ2v) is 9.79. The first-order valence-corrected chi connectivity index (χ1v) is 12.5. The van der Waals surface area contributed by atoms with Crippen LogP contribution in [0.3, 0.4) is 0 Å². The molecule has 5 nitrogen and oxygen atoms in total. The normalized spacial score (nSPS) is 15.9. The number of ether oxygens (including phenoxy) is 1. The van der Waals surface area contributed by atoms with Gasteiger partial charge in [-0.05, 0) is 44.0 Å². The van der Waals surface area contributed by atoms with Gasteiger partial charge in [0, 0.05) is 59.5 Å². The van der Waals surface area contributed by atoms with Crippen LogP contribution in [0.1, 0.15) is 34.5 Å². The number of thiazole rings is 1. The van der Waals surface area contributed by atoms with Gasteiger partial charge >= 0.3 is 0 Å². The highest BCUT2D eigenvalue weighted by molar-refractivity contribution is 7.15. The fraction of sp³-hybridized carbons (Fsp3) is 0.308. The van der Waals surface area contributed by atoms with Gasteiger partial charge in [0.15, 0.2) is 4.96 Å². The summed E-state index contributed by atoms with van der Waals surface area (Å²) >= 11 is 7.65. The molecule has 33 heavy (non-hydrogen) atoms. The van der Waals surface area contributed by atoms with Crippen molar-refractivity contribution in [3.63, 3.8) is 0 Å². The number of carbonyl (C=O) groups is 1. The predicted molar refractivity (Wildman–Crippen MR) is 133 cm³/mol. The second kappa shape index (κ2) is 9.67. The Labute approximate surface area is 202 Å². The third kappa shape index (κ3) is 4.98. The topological polar surface area (TPSA) is 46.8 Å². The molecule has 1 aliphatic heterocycles. The highest BCUT2D eigenvalue weighted by Gasteiger charge is 2.24. The molecule has 1 fully saturated rings. The van der Waals surface area contributed by atoms with E-state index in [-0.39, 0.29) is 12.0 Å². The van der Waals surface area contributed by atoms with E-state index >= 15 is 0 Å². The number of fused-ring (bicyclic) bond motifs is 1. The third-order valence-corrected chi connectivity index (χ3v) is 7.24. The molecule has 1 atom stereocenters. The number of amides is 1. The zero-order valence-corrected chi connectivity index (χ0v) is 20.1. The highest BCUT2D eigenvalue weighted by Crippen LogP contribution is 2.25. The summed E-state index contributed by atoms with van der Waals surface area (Å²) in [4.78, 5) is 21.0. The molecule has 0 bridgehead atoms. The van der Waals surface area contributed by atoms with Gasteiger partial charge in [-0.2, -0.15) is 0 Å². The third-order valence-electron chi connectivity index (χ3n) is 6.09. The molecule has 0 N–H and O–H groups in total. The van der Waals surface area contributed by atoms with E-state index in [2.05, 4.69) is 16.0 Å². The fourth-order valence-electron chi connectivity index (χ4n) is 4.21. The van der Waals surface area contributed by atoms with Gasteiger partial charge in [0.05, 0.1) is 11.8 Å². The van der Waals surface area contributed by atoms with E-state index < -0.39 is 0 Å². The molecule has 2 aromatic carbocycles. The minimum absolute atomic E-state index is 0.0597. The predicted octanol–water partition coefficient (Wildman–Crippen LogP) is 5.89. The molecule has 1 unspecified atom stereocenters.